The van der Waals surface area contributed by atoms with Crippen molar-refractivity contribution in [2.45, 2.75) is 19.5 Å². The van der Waals surface area contributed by atoms with Gasteiger partial charge in [-0.2, -0.15) is 0 Å². The molecule has 240 valence electrons. The zero-order valence-corrected chi connectivity index (χ0v) is 28.1. The summed E-state index contributed by atoms with van der Waals surface area (Å²) in [7, 11) is 0. The molecule has 5 aromatic carbocycles. The molecule has 0 saturated carbocycles. The SMILES string of the molecule is CCOC(=O)C1=C(c2ccccc2)N=c2s/c(=C\c3cn(Cc4cccc5ccccc45)c4ccccc34)c(=O)n2[C@@H]1c1ccc(Cl)cc1. The Bertz CT molecular complexity index is 2590. The van der Waals surface area contributed by atoms with Gasteiger partial charge < -0.3 is 9.30 Å². The van der Waals surface area contributed by atoms with E-state index in [9.17, 15) is 9.59 Å². The van der Waals surface area contributed by atoms with E-state index in [-0.39, 0.29) is 12.2 Å². The lowest BCUT2D eigenvalue weighted by Crippen LogP contribution is -2.40. The number of aromatic nitrogens is 2. The number of benzene rings is 5. The highest BCUT2D eigenvalue weighted by Gasteiger charge is 2.35. The molecule has 3 heterocycles. The van der Waals surface area contributed by atoms with Crippen molar-refractivity contribution in [1.29, 1.82) is 0 Å². The summed E-state index contributed by atoms with van der Waals surface area (Å²) in [6, 6.07) is 39.1. The van der Waals surface area contributed by atoms with Crippen LogP contribution in [0.3, 0.4) is 0 Å². The molecular weight excluding hydrogens is 650 g/mol. The molecule has 0 fully saturated rings. The Morgan fingerprint density at radius 2 is 1.59 bits per heavy atom. The predicted octanol–water partition coefficient (Wildman–Crippen LogP) is 7.75. The van der Waals surface area contributed by atoms with Gasteiger partial charge in [-0.15, -0.1) is 0 Å². The van der Waals surface area contributed by atoms with Gasteiger partial charge in [-0.05, 0) is 53.1 Å². The number of fused-ring (bicyclic) bond motifs is 3. The first-order chi connectivity index (χ1) is 24.0. The Labute approximate surface area is 291 Å². The second-order valence-electron chi connectivity index (χ2n) is 11.9. The Balaban J connectivity index is 1.32. The molecule has 6 nitrogen and oxygen atoms in total. The number of rotatable bonds is 7. The number of carbonyl (C=O) groups is 1. The number of ether oxygens (including phenoxy) is 1. The monoisotopic (exact) mass is 679 g/mol. The molecule has 8 rings (SSSR count). The fourth-order valence-electron chi connectivity index (χ4n) is 6.68. The number of hydrogen-bond donors (Lipinski definition) is 0. The third kappa shape index (κ3) is 5.61. The number of nitrogens with zero attached hydrogens (tertiary/aromatic N) is 3. The average molecular weight is 680 g/mol. The average Bonchev–Trinajstić information content (AvgIpc) is 3.64. The van der Waals surface area contributed by atoms with E-state index in [1.54, 1.807) is 23.6 Å². The molecule has 0 bridgehead atoms. The Morgan fingerprint density at radius 1 is 0.878 bits per heavy atom. The smallest absolute Gasteiger partial charge is 0.338 e. The van der Waals surface area contributed by atoms with Gasteiger partial charge in [-0.3, -0.25) is 9.36 Å². The highest BCUT2D eigenvalue weighted by Crippen LogP contribution is 2.35. The van der Waals surface area contributed by atoms with E-state index < -0.39 is 12.0 Å². The second-order valence-corrected chi connectivity index (χ2v) is 13.3. The predicted molar refractivity (Wildman–Crippen MR) is 198 cm³/mol. The van der Waals surface area contributed by atoms with E-state index in [2.05, 4.69) is 65.4 Å². The molecular formula is C41H30ClN3O3S. The minimum atomic E-state index is -0.766. The standard InChI is InChI=1S/C41H30ClN3O3S/c1-2-48-40(47)36-37(27-12-4-3-5-13-27)43-41-45(38(36)28-19-21-31(42)22-20-28)39(46)35(49-41)23-30-25-44(34-18-9-8-17-33(30)34)24-29-15-10-14-26-11-6-7-16-32(26)29/h3-23,25,38H,2,24H2,1H3/b35-23-/t38-/m1/s1. The molecule has 7 aromatic rings. The van der Waals surface area contributed by atoms with Crippen molar-refractivity contribution in [1.82, 2.24) is 9.13 Å². The van der Waals surface area contributed by atoms with Gasteiger partial charge in [-0.25, -0.2) is 9.79 Å². The van der Waals surface area contributed by atoms with Crippen molar-refractivity contribution >= 4 is 62.4 Å². The maximum atomic E-state index is 14.5. The summed E-state index contributed by atoms with van der Waals surface area (Å²) in [5.74, 6) is -0.518. The first-order valence-corrected chi connectivity index (χ1v) is 17.3. The lowest BCUT2D eigenvalue weighted by molar-refractivity contribution is -0.138. The maximum Gasteiger partial charge on any atom is 0.338 e. The summed E-state index contributed by atoms with van der Waals surface area (Å²) in [6.07, 6.45) is 4.06. The fourth-order valence-corrected chi connectivity index (χ4v) is 7.79. The summed E-state index contributed by atoms with van der Waals surface area (Å²) in [4.78, 5) is 33.7. The van der Waals surface area contributed by atoms with Gasteiger partial charge >= 0.3 is 5.97 Å². The zero-order valence-electron chi connectivity index (χ0n) is 26.5. The summed E-state index contributed by atoms with van der Waals surface area (Å²) in [6.45, 7) is 2.63. The second kappa shape index (κ2) is 12.8. The number of esters is 1. The van der Waals surface area contributed by atoms with Crippen molar-refractivity contribution in [3.63, 3.8) is 0 Å². The van der Waals surface area contributed by atoms with Crippen LogP contribution in [0.5, 0.6) is 0 Å². The number of halogens is 1. The van der Waals surface area contributed by atoms with Crippen LogP contribution in [0.4, 0.5) is 0 Å². The molecule has 0 aliphatic carbocycles. The molecule has 49 heavy (non-hydrogen) atoms. The van der Waals surface area contributed by atoms with Gasteiger partial charge in [-0.1, -0.05) is 126 Å². The van der Waals surface area contributed by atoms with Crippen molar-refractivity contribution in [3.8, 4) is 0 Å². The molecule has 1 aliphatic heterocycles. The molecule has 0 radical (unpaired) electrons. The summed E-state index contributed by atoms with van der Waals surface area (Å²) < 4.78 is 9.96. The Kier molecular flexibility index (Phi) is 8.07. The maximum absolute atomic E-state index is 14.5. The van der Waals surface area contributed by atoms with E-state index in [0.29, 0.717) is 32.2 Å². The van der Waals surface area contributed by atoms with Crippen molar-refractivity contribution in [2.24, 2.45) is 4.99 Å². The normalized spacial score (nSPS) is 14.7. The van der Waals surface area contributed by atoms with Crippen molar-refractivity contribution in [3.05, 3.63) is 180 Å². The topological polar surface area (TPSA) is 65.6 Å². The molecule has 0 spiro atoms. The lowest BCUT2D eigenvalue weighted by Gasteiger charge is -2.25. The van der Waals surface area contributed by atoms with Crippen LogP contribution in [-0.4, -0.2) is 21.7 Å². The van der Waals surface area contributed by atoms with Crippen molar-refractivity contribution < 1.29 is 9.53 Å². The van der Waals surface area contributed by atoms with Crippen LogP contribution in [0.15, 0.2) is 143 Å². The van der Waals surface area contributed by atoms with E-state index in [1.807, 2.05) is 60.7 Å². The third-order valence-corrected chi connectivity index (χ3v) is 10.1. The number of hydrogen-bond acceptors (Lipinski definition) is 5. The molecule has 0 unspecified atom stereocenters. The lowest BCUT2D eigenvalue weighted by atomic mass is 9.93. The zero-order chi connectivity index (χ0) is 33.5. The summed E-state index contributed by atoms with van der Waals surface area (Å²) >= 11 is 7.60. The van der Waals surface area contributed by atoms with Crippen LogP contribution in [0, 0.1) is 0 Å². The number of thiazole rings is 1. The van der Waals surface area contributed by atoms with Gasteiger partial charge in [0.1, 0.15) is 0 Å². The minimum Gasteiger partial charge on any atom is -0.463 e. The van der Waals surface area contributed by atoms with Crippen LogP contribution >= 0.6 is 22.9 Å². The molecule has 0 amide bonds. The minimum absolute atomic E-state index is 0.186. The fraction of sp³-hybridized carbons (Fsp3) is 0.0976. The van der Waals surface area contributed by atoms with Crippen LogP contribution in [0.2, 0.25) is 5.02 Å². The molecule has 0 saturated heterocycles. The largest absolute Gasteiger partial charge is 0.463 e. The highest BCUT2D eigenvalue weighted by molar-refractivity contribution is 7.07. The number of para-hydroxylation sites is 1. The molecule has 8 heteroatoms. The first kappa shape index (κ1) is 30.8. The number of carbonyl (C=O) groups excluding carboxylic acids is 1. The highest BCUT2D eigenvalue weighted by atomic mass is 35.5. The van der Waals surface area contributed by atoms with Crippen LogP contribution in [0.25, 0.3) is 33.4 Å². The van der Waals surface area contributed by atoms with E-state index in [0.717, 1.165) is 27.6 Å². The quantitative estimate of drug-likeness (QED) is 0.162. The summed E-state index contributed by atoms with van der Waals surface area (Å²) in [5, 5.41) is 4.01. The van der Waals surface area contributed by atoms with E-state index in [1.165, 1.54) is 27.7 Å². The molecule has 1 aliphatic rings. The Hall–Kier alpha value is -5.50. The van der Waals surface area contributed by atoms with Crippen molar-refractivity contribution in [2.75, 3.05) is 6.61 Å². The van der Waals surface area contributed by atoms with Crippen LogP contribution in [0.1, 0.15) is 35.2 Å². The summed E-state index contributed by atoms with van der Waals surface area (Å²) in [5.41, 5.74) is 5.27. The van der Waals surface area contributed by atoms with Gasteiger partial charge in [0.25, 0.3) is 5.56 Å². The van der Waals surface area contributed by atoms with Gasteiger partial charge in [0, 0.05) is 39.8 Å². The van der Waals surface area contributed by atoms with Gasteiger partial charge in [0.05, 0.1) is 28.5 Å². The molecule has 1 atom stereocenters. The van der Waals surface area contributed by atoms with E-state index in [4.69, 9.17) is 21.3 Å². The van der Waals surface area contributed by atoms with Crippen LogP contribution in [-0.2, 0) is 16.1 Å². The Morgan fingerprint density at radius 3 is 2.39 bits per heavy atom. The molecule has 0 N–H and O–H groups in total. The van der Waals surface area contributed by atoms with Gasteiger partial charge in [0.15, 0.2) is 4.80 Å². The third-order valence-electron chi connectivity index (χ3n) is 8.89. The first-order valence-electron chi connectivity index (χ1n) is 16.1. The van der Waals surface area contributed by atoms with Crippen LogP contribution < -0.4 is 14.9 Å². The van der Waals surface area contributed by atoms with Gasteiger partial charge in [0.2, 0.25) is 0 Å². The molecule has 2 aromatic heterocycles. The van der Waals surface area contributed by atoms with E-state index >= 15 is 0 Å².